The van der Waals surface area contributed by atoms with E-state index < -0.39 is 5.97 Å². The van der Waals surface area contributed by atoms with Crippen LogP contribution in [-0.2, 0) is 35.5 Å². The van der Waals surface area contributed by atoms with E-state index in [1.54, 1.807) is 6.20 Å². The molecule has 0 bridgehead atoms. The molecule has 4 heterocycles. The van der Waals surface area contributed by atoms with Gasteiger partial charge in [-0.1, -0.05) is 6.07 Å². The van der Waals surface area contributed by atoms with E-state index in [1.807, 2.05) is 45.3 Å². The lowest BCUT2D eigenvalue weighted by Gasteiger charge is -2.27. The molecule has 1 amide bonds. The lowest BCUT2D eigenvalue weighted by Crippen LogP contribution is -2.39. The van der Waals surface area contributed by atoms with Gasteiger partial charge in [0, 0.05) is 25.4 Å². The number of aliphatic carboxylic acids is 1. The molecule has 1 aliphatic rings. The smallest absolute Gasteiger partial charge is 0.303 e. The molecule has 0 radical (unpaired) electrons. The Morgan fingerprint density at radius 2 is 2.15 bits per heavy atom. The summed E-state index contributed by atoms with van der Waals surface area (Å²) >= 11 is 0. The van der Waals surface area contributed by atoms with Gasteiger partial charge in [-0.2, -0.15) is 5.10 Å². The average Bonchev–Trinajstić information content (AvgIpc) is 3.24. The predicted octanol–water partition coefficient (Wildman–Crippen LogP) is 1.44. The van der Waals surface area contributed by atoms with Crippen molar-refractivity contribution in [2.24, 2.45) is 0 Å². The first-order chi connectivity index (χ1) is 13.0. The Morgan fingerprint density at radius 1 is 1.30 bits per heavy atom. The summed E-state index contributed by atoms with van der Waals surface area (Å²) in [6.45, 7) is 3.72. The first-order valence-electron chi connectivity index (χ1n) is 8.98. The Morgan fingerprint density at radius 3 is 2.96 bits per heavy atom. The van der Waals surface area contributed by atoms with Gasteiger partial charge in [-0.05, 0) is 24.6 Å². The Bertz CT molecular complexity index is 1020. The van der Waals surface area contributed by atoms with Gasteiger partial charge >= 0.3 is 5.97 Å². The molecule has 0 saturated heterocycles. The number of pyridine rings is 1. The lowest BCUT2D eigenvalue weighted by molar-refractivity contribution is -0.137. The second kappa shape index (κ2) is 6.86. The molecular formula is C19H21N5O3. The number of carbonyl (C=O) groups excluding carboxylic acids is 1. The van der Waals surface area contributed by atoms with Crippen LogP contribution in [-0.4, -0.2) is 47.6 Å². The fourth-order valence-corrected chi connectivity index (χ4v) is 3.50. The van der Waals surface area contributed by atoms with Gasteiger partial charge in [0.2, 0.25) is 5.91 Å². The van der Waals surface area contributed by atoms with Gasteiger partial charge < -0.3 is 14.4 Å². The molecule has 140 valence electrons. The second-order valence-electron chi connectivity index (χ2n) is 6.87. The predicted molar refractivity (Wildman–Crippen MR) is 97.2 cm³/mol. The molecule has 0 aliphatic carbocycles. The summed E-state index contributed by atoms with van der Waals surface area (Å²) in [5, 5.41) is 13.3. The van der Waals surface area contributed by atoms with E-state index in [0.717, 1.165) is 28.3 Å². The number of hydrogen-bond acceptors (Lipinski definition) is 4. The van der Waals surface area contributed by atoms with E-state index in [4.69, 9.17) is 5.11 Å². The SMILES string of the molecule is Cc1cccn2c(CC(=O)N3CCn4nc(CCC(=O)O)cc4C3)cnc12. The summed E-state index contributed by atoms with van der Waals surface area (Å²) in [5.41, 5.74) is 4.54. The van der Waals surface area contributed by atoms with Crippen LogP contribution in [0.2, 0.25) is 0 Å². The zero-order chi connectivity index (χ0) is 19.0. The standard InChI is InChI=1S/C19H21N5O3/c1-13-3-2-6-23-15(11-20-19(13)23)10-17(25)22-7-8-24-16(12-22)9-14(21-24)4-5-18(26)27/h2-3,6,9,11H,4-5,7-8,10,12H2,1H3,(H,26,27). The van der Waals surface area contributed by atoms with Gasteiger partial charge in [-0.25, -0.2) is 4.98 Å². The Kier molecular flexibility index (Phi) is 4.39. The third kappa shape index (κ3) is 3.42. The van der Waals surface area contributed by atoms with Crippen LogP contribution in [0.1, 0.15) is 29.1 Å². The number of aromatic nitrogens is 4. The van der Waals surface area contributed by atoms with Crippen LogP contribution in [0.3, 0.4) is 0 Å². The quantitative estimate of drug-likeness (QED) is 0.737. The van der Waals surface area contributed by atoms with Crippen molar-refractivity contribution in [1.82, 2.24) is 24.1 Å². The number of amides is 1. The topological polar surface area (TPSA) is 92.7 Å². The number of nitrogens with zero attached hydrogens (tertiary/aromatic N) is 5. The maximum absolute atomic E-state index is 12.8. The number of fused-ring (bicyclic) bond motifs is 2. The van der Waals surface area contributed by atoms with E-state index >= 15 is 0 Å². The molecule has 4 rings (SSSR count). The highest BCUT2D eigenvalue weighted by Gasteiger charge is 2.23. The Balaban J connectivity index is 1.46. The van der Waals surface area contributed by atoms with Crippen molar-refractivity contribution in [3.63, 3.8) is 0 Å². The minimum Gasteiger partial charge on any atom is -0.481 e. The van der Waals surface area contributed by atoms with Gasteiger partial charge in [0.05, 0.1) is 43.0 Å². The maximum Gasteiger partial charge on any atom is 0.303 e. The Labute approximate surface area is 156 Å². The zero-order valence-corrected chi connectivity index (χ0v) is 15.1. The molecule has 3 aromatic rings. The van der Waals surface area contributed by atoms with Gasteiger partial charge in [0.1, 0.15) is 5.65 Å². The summed E-state index contributed by atoms with van der Waals surface area (Å²) in [5.74, 6) is -0.779. The molecule has 0 aromatic carbocycles. The third-order valence-electron chi connectivity index (χ3n) is 4.94. The number of carboxylic acids is 1. The Hall–Kier alpha value is -3.16. The largest absolute Gasteiger partial charge is 0.481 e. The van der Waals surface area contributed by atoms with Crippen molar-refractivity contribution in [3.8, 4) is 0 Å². The molecule has 0 atom stereocenters. The van der Waals surface area contributed by atoms with Crippen LogP contribution in [0.5, 0.6) is 0 Å². The molecule has 0 fully saturated rings. The number of aryl methyl sites for hydroxylation is 2. The fourth-order valence-electron chi connectivity index (χ4n) is 3.50. The molecule has 1 N–H and O–H groups in total. The first kappa shape index (κ1) is 17.3. The van der Waals surface area contributed by atoms with Crippen molar-refractivity contribution in [2.45, 2.75) is 39.3 Å². The van der Waals surface area contributed by atoms with E-state index in [9.17, 15) is 9.59 Å². The van der Waals surface area contributed by atoms with Crippen molar-refractivity contribution < 1.29 is 14.7 Å². The van der Waals surface area contributed by atoms with Gasteiger partial charge in [-0.3, -0.25) is 14.3 Å². The molecule has 8 nitrogen and oxygen atoms in total. The third-order valence-corrected chi connectivity index (χ3v) is 4.94. The first-order valence-corrected chi connectivity index (χ1v) is 8.98. The molecule has 8 heteroatoms. The monoisotopic (exact) mass is 367 g/mol. The number of rotatable bonds is 5. The molecular weight excluding hydrogens is 346 g/mol. The summed E-state index contributed by atoms with van der Waals surface area (Å²) < 4.78 is 3.84. The summed E-state index contributed by atoms with van der Waals surface area (Å²) in [6, 6.07) is 5.86. The van der Waals surface area contributed by atoms with E-state index in [2.05, 4.69) is 10.1 Å². The maximum atomic E-state index is 12.8. The van der Waals surface area contributed by atoms with Crippen LogP contribution < -0.4 is 0 Å². The van der Waals surface area contributed by atoms with Crippen molar-refractivity contribution in [3.05, 3.63) is 53.2 Å². The molecule has 27 heavy (non-hydrogen) atoms. The van der Waals surface area contributed by atoms with E-state index in [1.165, 1.54) is 0 Å². The molecule has 0 unspecified atom stereocenters. The molecule has 3 aromatic heterocycles. The van der Waals surface area contributed by atoms with Crippen molar-refractivity contribution in [2.75, 3.05) is 6.54 Å². The van der Waals surface area contributed by atoms with Gasteiger partial charge in [0.15, 0.2) is 0 Å². The normalized spacial score (nSPS) is 13.7. The highest BCUT2D eigenvalue weighted by Crippen LogP contribution is 2.17. The molecule has 0 saturated carbocycles. The van der Waals surface area contributed by atoms with Crippen LogP contribution in [0, 0.1) is 6.92 Å². The van der Waals surface area contributed by atoms with Crippen molar-refractivity contribution in [1.29, 1.82) is 0 Å². The van der Waals surface area contributed by atoms with Crippen molar-refractivity contribution >= 4 is 17.5 Å². The van der Waals surface area contributed by atoms with E-state index in [-0.39, 0.29) is 12.3 Å². The van der Waals surface area contributed by atoms with E-state index in [0.29, 0.717) is 32.5 Å². The van der Waals surface area contributed by atoms with Crippen LogP contribution in [0.4, 0.5) is 0 Å². The lowest BCUT2D eigenvalue weighted by atomic mass is 10.2. The summed E-state index contributed by atoms with van der Waals surface area (Å²) in [4.78, 5) is 29.8. The van der Waals surface area contributed by atoms with Crippen LogP contribution >= 0.6 is 0 Å². The highest BCUT2D eigenvalue weighted by molar-refractivity contribution is 5.78. The highest BCUT2D eigenvalue weighted by atomic mass is 16.4. The summed E-state index contributed by atoms with van der Waals surface area (Å²) in [6.07, 6.45) is 4.46. The van der Waals surface area contributed by atoms with Gasteiger partial charge in [-0.15, -0.1) is 0 Å². The average molecular weight is 367 g/mol. The minimum absolute atomic E-state index is 0.0536. The van der Waals surface area contributed by atoms with Gasteiger partial charge in [0.25, 0.3) is 0 Å². The fraction of sp³-hybridized carbons (Fsp3) is 0.368. The second-order valence-corrected chi connectivity index (χ2v) is 6.87. The van der Waals surface area contributed by atoms with Crippen LogP contribution in [0.25, 0.3) is 5.65 Å². The number of carbonyl (C=O) groups is 2. The number of imidazole rings is 1. The molecule has 1 aliphatic heterocycles. The zero-order valence-electron chi connectivity index (χ0n) is 15.1. The van der Waals surface area contributed by atoms with Crippen LogP contribution in [0.15, 0.2) is 30.6 Å². The minimum atomic E-state index is -0.832. The number of hydrogen-bond donors (Lipinski definition) is 1. The molecule has 0 spiro atoms. The summed E-state index contributed by atoms with van der Waals surface area (Å²) in [7, 11) is 0. The number of carboxylic acid groups (broad SMARTS) is 1.